The van der Waals surface area contributed by atoms with Crippen LogP contribution in [0.2, 0.25) is 5.02 Å². The van der Waals surface area contributed by atoms with Crippen LogP contribution in [0.1, 0.15) is 12.3 Å². The van der Waals surface area contributed by atoms with Gasteiger partial charge in [0.05, 0.1) is 11.3 Å². The van der Waals surface area contributed by atoms with Crippen LogP contribution in [-0.2, 0) is 20.7 Å². The molecule has 9 nitrogen and oxygen atoms in total. The van der Waals surface area contributed by atoms with Gasteiger partial charge < -0.3 is 14.5 Å². The number of nitro groups is 1. The molecule has 0 aliphatic heterocycles. The van der Waals surface area contributed by atoms with E-state index >= 15 is 0 Å². The van der Waals surface area contributed by atoms with E-state index in [9.17, 15) is 19.7 Å². The largest absolute Gasteiger partial charge is 0.456 e. The maximum absolute atomic E-state index is 11.9. The molecular weight excluding hydrogens is 390 g/mol. The Morgan fingerprint density at radius 2 is 2.04 bits per heavy atom. The number of carbonyl (C=O) groups is 2. The normalized spacial score (nSPS) is 10.6. The number of nitro benzene ring substituents is 1. The molecule has 0 atom stereocenters. The second kappa shape index (κ2) is 8.49. The minimum absolute atomic E-state index is 0.00742. The van der Waals surface area contributed by atoms with E-state index < -0.39 is 23.4 Å². The molecule has 10 heteroatoms. The minimum atomic E-state index is -0.663. The Morgan fingerprint density at radius 3 is 2.79 bits per heavy atom. The van der Waals surface area contributed by atoms with Crippen molar-refractivity contribution in [1.82, 2.24) is 4.98 Å². The molecule has 1 N–H and O–H groups in total. The summed E-state index contributed by atoms with van der Waals surface area (Å²) in [6, 6.07) is 11.0. The molecule has 0 saturated heterocycles. The predicted octanol–water partition coefficient (Wildman–Crippen LogP) is 3.50. The Bertz CT molecular complexity index is 1020. The number of aryl methyl sites for hydroxylation is 1. The molecule has 1 amide bonds. The van der Waals surface area contributed by atoms with Crippen LogP contribution >= 0.6 is 11.6 Å². The standard InChI is InChI=1S/C18H14ClN3O6/c19-12-6-5-11(9-14(12)22(25)26)20-16(23)10-27-18(24)8-7-17-21-13-3-1-2-4-15(13)28-17/h1-6,9H,7-8,10H2,(H,20,23). The molecule has 0 aliphatic rings. The van der Waals surface area contributed by atoms with Crippen molar-refractivity contribution in [3.8, 4) is 0 Å². The van der Waals surface area contributed by atoms with Crippen molar-refractivity contribution >= 4 is 46.0 Å². The fourth-order valence-corrected chi connectivity index (χ4v) is 2.57. The Morgan fingerprint density at radius 1 is 1.25 bits per heavy atom. The first-order valence-corrected chi connectivity index (χ1v) is 8.54. The van der Waals surface area contributed by atoms with Crippen molar-refractivity contribution in [2.24, 2.45) is 0 Å². The number of rotatable bonds is 7. The van der Waals surface area contributed by atoms with Gasteiger partial charge in [-0.2, -0.15) is 0 Å². The third-order valence-corrected chi connectivity index (χ3v) is 3.99. The van der Waals surface area contributed by atoms with E-state index in [1.54, 1.807) is 12.1 Å². The molecule has 144 valence electrons. The monoisotopic (exact) mass is 403 g/mol. The van der Waals surface area contributed by atoms with Gasteiger partial charge in [-0.25, -0.2) is 4.98 Å². The van der Waals surface area contributed by atoms with Crippen molar-refractivity contribution in [2.75, 3.05) is 11.9 Å². The smallest absolute Gasteiger partial charge is 0.306 e. The van der Waals surface area contributed by atoms with Crippen molar-refractivity contribution in [3.05, 3.63) is 63.5 Å². The SMILES string of the molecule is O=C(COC(=O)CCc1nc2ccccc2o1)Nc1ccc(Cl)c([N+](=O)[O-])c1. The lowest BCUT2D eigenvalue weighted by molar-refractivity contribution is -0.384. The average molecular weight is 404 g/mol. The first-order chi connectivity index (χ1) is 13.4. The molecule has 0 spiro atoms. The summed E-state index contributed by atoms with van der Waals surface area (Å²) in [5.74, 6) is -0.831. The van der Waals surface area contributed by atoms with Crippen LogP contribution in [0.15, 0.2) is 46.9 Å². The molecule has 0 radical (unpaired) electrons. The first kappa shape index (κ1) is 19.3. The number of nitrogens with zero attached hydrogens (tertiary/aromatic N) is 2. The van der Waals surface area contributed by atoms with E-state index in [1.165, 1.54) is 12.1 Å². The second-order valence-corrected chi connectivity index (χ2v) is 6.11. The van der Waals surface area contributed by atoms with Gasteiger partial charge in [0.2, 0.25) is 0 Å². The number of carbonyl (C=O) groups excluding carboxylic acids is 2. The molecule has 0 aliphatic carbocycles. The quantitative estimate of drug-likeness (QED) is 0.363. The number of hydrogen-bond acceptors (Lipinski definition) is 7. The van der Waals surface area contributed by atoms with Gasteiger partial charge in [-0.3, -0.25) is 19.7 Å². The molecule has 0 bridgehead atoms. The van der Waals surface area contributed by atoms with Gasteiger partial charge in [-0.15, -0.1) is 0 Å². The number of hydrogen-bond donors (Lipinski definition) is 1. The van der Waals surface area contributed by atoms with Crippen LogP contribution in [0.5, 0.6) is 0 Å². The number of fused-ring (bicyclic) bond motifs is 1. The van der Waals surface area contributed by atoms with Crippen LogP contribution in [0.3, 0.4) is 0 Å². The summed E-state index contributed by atoms with van der Waals surface area (Å²) < 4.78 is 10.4. The number of aromatic nitrogens is 1. The Hall–Kier alpha value is -3.46. The molecule has 3 aromatic rings. The van der Waals surface area contributed by atoms with E-state index in [2.05, 4.69) is 10.3 Å². The highest BCUT2D eigenvalue weighted by molar-refractivity contribution is 6.32. The summed E-state index contributed by atoms with van der Waals surface area (Å²) in [7, 11) is 0. The van der Waals surface area contributed by atoms with Crippen LogP contribution in [0.25, 0.3) is 11.1 Å². The molecule has 3 rings (SSSR count). The Balaban J connectivity index is 1.47. The van der Waals surface area contributed by atoms with Crippen molar-refractivity contribution in [3.63, 3.8) is 0 Å². The molecule has 0 fully saturated rings. The second-order valence-electron chi connectivity index (χ2n) is 5.71. The first-order valence-electron chi connectivity index (χ1n) is 8.16. The van der Waals surface area contributed by atoms with Crippen LogP contribution in [0.4, 0.5) is 11.4 Å². The number of oxazole rings is 1. The Labute approximate surface area is 163 Å². The van der Waals surface area contributed by atoms with Gasteiger partial charge >= 0.3 is 5.97 Å². The summed E-state index contributed by atoms with van der Waals surface area (Å²) in [5.41, 5.74) is 1.16. The lowest BCUT2D eigenvalue weighted by Crippen LogP contribution is -2.21. The molecule has 0 unspecified atom stereocenters. The maximum Gasteiger partial charge on any atom is 0.306 e. The lowest BCUT2D eigenvalue weighted by atomic mass is 10.3. The summed E-state index contributed by atoms with van der Waals surface area (Å²) in [6.07, 6.45) is 0.227. The van der Waals surface area contributed by atoms with E-state index in [0.717, 1.165) is 6.07 Å². The van der Waals surface area contributed by atoms with Gasteiger partial charge in [0.15, 0.2) is 18.1 Å². The third kappa shape index (κ3) is 4.83. The van der Waals surface area contributed by atoms with Gasteiger partial charge in [0.25, 0.3) is 11.6 Å². The summed E-state index contributed by atoms with van der Waals surface area (Å²) >= 11 is 5.71. The summed E-state index contributed by atoms with van der Waals surface area (Å²) in [4.78, 5) is 38.1. The van der Waals surface area contributed by atoms with Crippen LogP contribution < -0.4 is 5.32 Å². The Kier molecular flexibility index (Phi) is 5.85. The number of benzene rings is 2. The molecule has 0 saturated carbocycles. The van der Waals surface area contributed by atoms with Gasteiger partial charge in [0, 0.05) is 18.2 Å². The van der Waals surface area contributed by atoms with Gasteiger partial charge in [0.1, 0.15) is 10.5 Å². The number of ether oxygens (including phenoxy) is 1. The van der Waals surface area contributed by atoms with E-state index in [-0.39, 0.29) is 29.2 Å². The molecule has 2 aromatic carbocycles. The number of nitrogens with one attached hydrogen (secondary N) is 1. The van der Waals surface area contributed by atoms with Crippen molar-refractivity contribution in [2.45, 2.75) is 12.8 Å². The van der Waals surface area contributed by atoms with E-state index in [1.807, 2.05) is 12.1 Å². The number of esters is 1. The fourth-order valence-electron chi connectivity index (χ4n) is 2.38. The average Bonchev–Trinajstić information content (AvgIpc) is 3.09. The molecular formula is C18H14ClN3O6. The number of para-hydroxylation sites is 2. The van der Waals surface area contributed by atoms with E-state index in [0.29, 0.717) is 17.0 Å². The van der Waals surface area contributed by atoms with Crippen molar-refractivity contribution < 1.29 is 23.7 Å². The molecule has 1 aromatic heterocycles. The van der Waals surface area contributed by atoms with Crippen LogP contribution in [-0.4, -0.2) is 28.4 Å². The van der Waals surface area contributed by atoms with Gasteiger partial charge in [-0.05, 0) is 24.3 Å². The highest BCUT2D eigenvalue weighted by atomic mass is 35.5. The highest BCUT2D eigenvalue weighted by Crippen LogP contribution is 2.27. The van der Waals surface area contributed by atoms with Crippen LogP contribution in [0, 0.1) is 10.1 Å². The van der Waals surface area contributed by atoms with Gasteiger partial charge in [-0.1, -0.05) is 23.7 Å². The molecule has 1 heterocycles. The number of amides is 1. The zero-order valence-electron chi connectivity index (χ0n) is 14.4. The fraction of sp³-hybridized carbons (Fsp3) is 0.167. The topological polar surface area (TPSA) is 125 Å². The maximum atomic E-state index is 11.9. The summed E-state index contributed by atoms with van der Waals surface area (Å²) in [6.45, 7) is -0.525. The lowest BCUT2D eigenvalue weighted by Gasteiger charge is -2.06. The summed E-state index contributed by atoms with van der Waals surface area (Å²) in [5, 5.41) is 13.2. The zero-order chi connectivity index (χ0) is 20.1. The molecule has 28 heavy (non-hydrogen) atoms. The third-order valence-electron chi connectivity index (χ3n) is 3.67. The van der Waals surface area contributed by atoms with Crippen molar-refractivity contribution in [1.29, 1.82) is 0 Å². The highest BCUT2D eigenvalue weighted by Gasteiger charge is 2.15. The predicted molar refractivity (Wildman–Crippen MR) is 100 cm³/mol. The number of halogens is 1. The van der Waals surface area contributed by atoms with E-state index in [4.69, 9.17) is 20.8 Å². The number of anilines is 1. The minimum Gasteiger partial charge on any atom is -0.456 e. The zero-order valence-corrected chi connectivity index (χ0v) is 15.1.